The Morgan fingerprint density at radius 3 is 3.06 bits per heavy atom. The lowest BCUT2D eigenvalue weighted by Crippen LogP contribution is -2.31. The van der Waals surface area contributed by atoms with Gasteiger partial charge >= 0.3 is 6.03 Å². The quantitative estimate of drug-likeness (QED) is 0.705. The van der Waals surface area contributed by atoms with Crippen molar-refractivity contribution >= 4 is 11.8 Å². The molecule has 2 aliphatic carbocycles. The second kappa shape index (κ2) is 4.80. The van der Waals surface area contributed by atoms with Crippen LogP contribution in [0.5, 0.6) is 0 Å². The Morgan fingerprint density at radius 1 is 1.44 bits per heavy atom. The van der Waals surface area contributed by atoms with Crippen molar-refractivity contribution in [1.82, 2.24) is 20.7 Å². The number of nitrogens with one attached hydrogen (secondary N) is 3. The van der Waals surface area contributed by atoms with Gasteiger partial charge in [-0.2, -0.15) is 10.3 Å². The van der Waals surface area contributed by atoms with E-state index in [0.717, 1.165) is 24.2 Å². The van der Waals surface area contributed by atoms with E-state index in [9.17, 15) is 4.79 Å². The molecule has 0 saturated heterocycles. The third kappa shape index (κ3) is 2.37. The normalized spacial score (nSPS) is 28.6. The Balaban J connectivity index is 1.37. The topological polar surface area (TPSA) is 82.7 Å². The van der Waals surface area contributed by atoms with E-state index in [4.69, 9.17) is 0 Å². The lowest BCUT2D eigenvalue weighted by atomic mass is 9.91. The third-order valence-corrected chi connectivity index (χ3v) is 3.87. The first-order valence-electron chi connectivity index (χ1n) is 6.40. The summed E-state index contributed by atoms with van der Waals surface area (Å²) in [5.41, 5.74) is 0. The van der Waals surface area contributed by atoms with Crippen molar-refractivity contribution < 1.29 is 4.79 Å². The largest absolute Gasteiger partial charge is 0.338 e. The van der Waals surface area contributed by atoms with Gasteiger partial charge in [-0.1, -0.05) is 12.2 Å². The van der Waals surface area contributed by atoms with Crippen LogP contribution in [0.2, 0.25) is 0 Å². The molecule has 1 saturated carbocycles. The second-order valence-electron chi connectivity index (χ2n) is 5.07. The summed E-state index contributed by atoms with van der Waals surface area (Å²) in [5, 5.41) is 15.3. The molecule has 3 N–H and O–H groups in total. The molecule has 1 heterocycles. The minimum absolute atomic E-state index is 0.220. The number of fused-ring (bicyclic) bond motifs is 2. The zero-order chi connectivity index (χ0) is 12.4. The van der Waals surface area contributed by atoms with Gasteiger partial charge in [-0.15, -0.1) is 5.10 Å². The van der Waals surface area contributed by atoms with Crippen LogP contribution >= 0.6 is 0 Å². The lowest BCUT2D eigenvalue weighted by Gasteiger charge is -2.17. The van der Waals surface area contributed by atoms with Gasteiger partial charge in [0.15, 0.2) is 5.82 Å². The van der Waals surface area contributed by atoms with Gasteiger partial charge in [0.2, 0.25) is 0 Å². The first-order valence-corrected chi connectivity index (χ1v) is 6.40. The number of aromatic amines is 1. The van der Waals surface area contributed by atoms with Crippen molar-refractivity contribution in [2.45, 2.75) is 19.3 Å². The number of H-pyrrole nitrogens is 1. The third-order valence-electron chi connectivity index (χ3n) is 3.87. The molecule has 96 valence electrons. The van der Waals surface area contributed by atoms with Crippen molar-refractivity contribution in [2.24, 2.45) is 17.8 Å². The predicted octanol–water partition coefficient (Wildman–Crippen LogP) is 1.53. The van der Waals surface area contributed by atoms with Crippen LogP contribution < -0.4 is 10.6 Å². The molecule has 6 heteroatoms. The summed E-state index contributed by atoms with van der Waals surface area (Å²) in [6, 6.07) is -0.220. The molecule has 3 rings (SSSR count). The number of aromatic nitrogens is 3. The molecule has 1 fully saturated rings. The number of hydrogen-bond acceptors (Lipinski definition) is 3. The summed E-state index contributed by atoms with van der Waals surface area (Å²) >= 11 is 0. The maximum absolute atomic E-state index is 11.5. The Hall–Kier alpha value is -1.85. The van der Waals surface area contributed by atoms with Crippen LogP contribution in [0.25, 0.3) is 0 Å². The fourth-order valence-corrected chi connectivity index (χ4v) is 3.02. The fourth-order valence-electron chi connectivity index (χ4n) is 3.02. The van der Waals surface area contributed by atoms with Crippen molar-refractivity contribution in [1.29, 1.82) is 0 Å². The van der Waals surface area contributed by atoms with Crippen molar-refractivity contribution in [2.75, 3.05) is 11.9 Å². The highest BCUT2D eigenvalue weighted by atomic mass is 16.2. The SMILES string of the molecule is O=C(NCC[C@@H]1C[C@@H]2C=C[C@H]1C2)Nc1cn[nH]n1. The maximum atomic E-state index is 11.5. The van der Waals surface area contributed by atoms with Crippen LogP contribution in [0.1, 0.15) is 19.3 Å². The summed E-state index contributed by atoms with van der Waals surface area (Å²) < 4.78 is 0. The van der Waals surface area contributed by atoms with E-state index in [1.165, 1.54) is 19.0 Å². The highest BCUT2D eigenvalue weighted by Gasteiger charge is 2.34. The van der Waals surface area contributed by atoms with Gasteiger partial charge < -0.3 is 5.32 Å². The summed E-state index contributed by atoms with van der Waals surface area (Å²) in [7, 11) is 0. The van der Waals surface area contributed by atoms with Crippen LogP contribution in [0.4, 0.5) is 10.6 Å². The van der Waals surface area contributed by atoms with E-state index in [0.29, 0.717) is 12.4 Å². The number of allylic oxidation sites excluding steroid dienone is 2. The number of urea groups is 1. The number of hydrogen-bond donors (Lipinski definition) is 3. The average molecular weight is 247 g/mol. The predicted molar refractivity (Wildman–Crippen MR) is 66.9 cm³/mol. The standard InChI is InChI=1S/C12H17N5O/c18-12(15-11-7-14-17-16-11)13-4-3-10-6-8-1-2-9(10)5-8/h1-2,7-10H,3-6H2,(H3,13,14,15,16,17,18)/t8-,9+,10-/m1/s1. The van der Waals surface area contributed by atoms with E-state index in [-0.39, 0.29) is 6.03 Å². The van der Waals surface area contributed by atoms with E-state index in [1.807, 2.05) is 0 Å². The molecule has 0 radical (unpaired) electrons. The van der Waals surface area contributed by atoms with Crippen molar-refractivity contribution in [3.63, 3.8) is 0 Å². The molecule has 6 nitrogen and oxygen atoms in total. The first-order chi connectivity index (χ1) is 8.81. The second-order valence-corrected chi connectivity index (χ2v) is 5.07. The van der Waals surface area contributed by atoms with Crippen LogP contribution in [-0.4, -0.2) is 28.0 Å². The number of anilines is 1. The van der Waals surface area contributed by atoms with Crippen LogP contribution in [0, 0.1) is 17.8 Å². The summed E-state index contributed by atoms with van der Waals surface area (Å²) in [6.45, 7) is 0.714. The van der Waals surface area contributed by atoms with Crippen LogP contribution in [0.15, 0.2) is 18.3 Å². The molecule has 18 heavy (non-hydrogen) atoms. The lowest BCUT2D eigenvalue weighted by molar-refractivity contribution is 0.250. The molecule has 2 aliphatic rings. The highest BCUT2D eigenvalue weighted by Crippen LogP contribution is 2.44. The van der Waals surface area contributed by atoms with Crippen molar-refractivity contribution in [3.8, 4) is 0 Å². The van der Waals surface area contributed by atoms with Crippen LogP contribution in [-0.2, 0) is 0 Å². The Labute approximate surface area is 105 Å². The van der Waals surface area contributed by atoms with E-state index in [1.54, 1.807) is 0 Å². The van der Waals surface area contributed by atoms with Crippen molar-refractivity contribution in [3.05, 3.63) is 18.3 Å². The molecule has 0 aliphatic heterocycles. The molecule has 2 amide bonds. The van der Waals surface area contributed by atoms with Gasteiger partial charge in [0, 0.05) is 6.54 Å². The Bertz CT molecular complexity index is 441. The zero-order valence-electron chi connectivity index (χ0n) is 10.1. The number of amides is 2. The maximum Gasteiger partial charge on any atom is 0.320 e. The summed E-state index contributed by atoms with van der Waals surface area (Å²) in [5.74, 6) is 2.72. The fraction of sp³-hybridized carbons (Fsp3) is 0.583. The Kier molecular flexibility index (Phi) is 3.00. The minimum Gasteiger partial charge on any atom is -0.338 e. The van der Waals surface area contributed by atoms with E-state index in [2.05, 4.69) is 38.2 Å². The molecule has 2 bridgehead atoms. The number of carbonyl (C=O) groups is 1. The van der Waals surface area contributed by atoms with E-state index < -0.39 is 0 Å². The zero-order valence-corrected chi connectivity index (χ0v) is 10.1. The first kappa shape index (κ1) is 11.3. The van der Waals surface area contributed by atoms with Gasteiger partial charge in [-0.3, -0.25) is 5.32 Å². The number of nitrogens with zero attached hydrogens (tertiary/aromatic N) is 2. The summed E-state index contributed by atoms with van der Waals surface area (Å²) in [6.07, 6.45) is 9.81. The molecular weight excluding hydrogens is 230 g/mol. The van der Waals surface area contributed by atoms with Gasteiger partial charge in [-0.25, -0.2) is 4.79 Å². The van der Waals surface area contributed by atoms with E-state index >= 15 is 0 Å². The molecule has 0 spiro atoms. The number of carbonyl (C=O) groups excluding carboxylic acids is 1. The minimum atomic E-state index is -0.220. The number of rotatable bonds is 4. The highest BCUT2D eigenvalue weighted by molar-refractivity contribution is 5.87. The monoisotopic (exact) mass is 247 g/mol. The Morgan fingerprint density at radius 2 is 2.39 bits per heavy atom. The van der Waals surface area contributed by atoms with Gasteiger partial charge in [0.25, 0.3) is 0 Å². The molecule has 0 aromatic carbocycles. The molecule has 3 atom stereocenters. The molecular formula is C12H17N5O. The average Bonchev–Trinajstić information content (AvgIpc) is 3.04. The molecule has 1 aromatic rings. The van der Waals surface area contributed by atoms with Gasteiger partial charge in [0.05, 0.1) is 6.20 Å². The van der Waals surface area contributed by atoms with Gasteiger partial charge in [0.1, 0.15) is 0 Å². The smallest absolute Gasteiger partial charge is 0.320 e. The summed E-state index contributed by atoms with van der Waals surface area (Å²) in [4.78, 5) is 11.5. The molecule has 1 aromatic heterocycles. The van der Waals surface area contributed by atoms with Crippen LogP contribution in [0.3, 0.4) is 0 Å². The van der Waals surface area contributed by atoms with Gasteiger partial charge in [-0.05, 0) is 37.0 Å². The molecule has 0 unspecified atom stereocenters.